The molecule has 6 heteroatoms. The summed E-state index contributed by atoms with van der Waals surface area (Å²) < 4.78 is 5.42. The molecule has 0 saturated carbocycles. The van der Waals surface area contributed by atoms with Crippen LogP contribution in [0.5, 0.6) is 0 Å². The predicted molar refractivity (Wildman–Crippen MR) is 147 cm³/mol. The number of carbonyl (C=O) groups excluding carboxylic acids is 2. The van der Waals surface area contributed by atoms with E-state index in [0.29, 0.717) is 23.4 Å². The first-order chi connectivity index (χ1) is 18.2. The lowest BCUT2D eigenvalue weighted by Crippen LogP contribution is -2.36. The third-order valence-corrected chi connectivity index (χ3v) is 6.40. The van der Waals surface area contributed by atoms with E-state index in [1.54, 1.807) is 30.3 Å². The van der Waals surface area contributed by atoms with Crippen LogP contribution in [0.25, 0.3) is 11.1 Å². The second kappa shape index (κ2) is 11.5. The molecule has 0 unspecified atom stereocenters. The Hall–Kier alpha value is -4.42. The van der Waals surface area contributed by atoms with Crippen LogP contribution in [0.1, 0.15) is 26.3 Å². The predicted octanol–water partition coefficient (Wildman–Crippen LogP) is 5.37. The van der Waals surface area contributed by atoms with Crippen molar-refractivity contribution >= 4 is 23.2 Å². The van der Waals surface area contributed by atoms with Crippen molar-refractivity contribution in [1.82, 2.24) is 5.32 Å². The summed E-state index contributed by atoms with van der Waals surface area (Å²) in [7, 11) is 0. The van der Waals surface area contributed by atoms with Crippen LogP contribution >= 0.6 is 0 Å². The molecule has 186 valence electrons. The molecule has 0 aliphatic carbocycles. The maximum absolute atomic E-state index is 13.1. The fourth-order valence-corrected chi connectivity index (χ4v) is 4.42. The number of benzene rings is 4. The van der Waals surface area contributed by atoms with Gasteiger partial charge in [-0.2, -0.15) is 0 Å². The molecule has 4 aromatic carbocycles. The number of morpholine rings is 1. The molecular formula is C31H29N3O3. The lowest BCUT2D eigenvalue weighted by Gasteiger charge is -2.28. The molecule has 2 amide bonds. The molecule has 1 saturated heterocycles. The summed E-state index contributed by atoms with van der Waals surface area (Å²) in [6.45, 7) is 3.69. The van der Waals surface area contributed by atoms with Gasteiger partial charge in [-0.25, -0.2) is 0 Å². The van der Waals surface area contributed by atoms with Gasteiger partial charge in [0.25, 0.3) is 11.8 Å². The van der Waals surface area contributed by atoms with E-state index in [1.807, 2.05) is 60.7 Å². The number of anilines is 2. The summed E-state index contributed by atoms with van der Waals surface area (Å²) in [5, 5.41) is 5.91. The molecule has 6 nitrogen and oxygen atoms in total. The third kappa shape index (κ3) is 6.05. The molecule has 2 N–H and O–H groups in total. The third-order valence-electron chi connectivity index (χ3n) is 6.40. The highest BCUT2D eigenvalue weighted by molar-refractivity contribution is 6.09. The second-order valence-corrected chi connectivity index (χ2v) is 8.90. The van der Waals surface area contributed by atoms with Crippen LogP contribution in [0.3, 0.4) is 0 Å². The minimum absolute atomic E-state index is 0.196. The number of carbonyl (C=O) groups is 2. The quantitative estimate of drug-likeness (QED) is 0.365. The molecule has 0 spiro atoms. The fraction of sp³-hybridized carbons (Fsp3) is 0.161. The number of rotatable bonds is 7. The van der Waals surface area contributed by atoms with Crippen LogP contribution in [0.4, 0.5) is 11.4 Å². The summed E-state index contributed by atoms with van der Waals surface area (Å²) >= 11 is 0. The molecule has 0 bridgehead atoms. The maximum atomic E-state index is 13.1. The second-order valence-electron chi connectivity index (χ2n) is 8.90. The Balaban J connectivity index is 1.22. The topological polar surface area (TPSA) is 70.7 Å². The van der Waals surface area contributed by atoms with Gasteiger partial charge in [0.15, 0.2) is 0 Å². The molecule has 0 radical (unpaired) electrons. The minimum Gasteiger partial charge on any atom is -0.378 e. The van der Waals surface area contributed by atoms with Gasteiger partial charge in [0.1, 0.15) is 0 Å². The van der Waals surface area contributed by atoms with Gasteiger partial charge in [-0.05, 0) is 53.1 Å². The molecule has 37 heavy (non-hydrogen) atoms. The van der Waals surface area contributed by atoms with Crippen LogP contribution in [-0.4, -0.2) is 38.1 Å². The largest absolute Gasteiger partial charge is 0.378 e. The van der Waals surface area contributed by atoms with Crippen molar-refractivity contribution in [1.29, 1.82) is 0 Å². The Labute approximate surface area is 216 Å². The van der Waals surface area contributed by atoms with Gasteiger partial charge < -0.3 is 20.3 Å². The summed E-state index contributed by atoms with van der Waals surface area (Å²) in [4.78, 5) is 28.2. The van der Waals surface area contributed by atoms with E-state index >= 15 is 0 Å². The van der Waals surface area contributed by atoms with E-state index in [1.165, 1.54) is 0 Å². The number of nitrogens with zero attached hydrogens (tertiary/aromatic N) is 1. The van der Waals surface area contributed by atoms with Gasteiger partial charge in [0, 0.05) is 42.1 Å². The standard InChI is InChI=1S/C31H29N3O3/c35-30(32-22-23-13-15-27(16-14-23)34-17-19-37-20-18-34)25-9-6-10-26(21-25)33-31(36)29-12-5-4-11-28(29)24-7-2-1-3-8-24/h1-16,21H,17-20,22H2,(H,32,35)(H,33,36). The van der Waals surface area contributed by atoms with Crippen molar-refractivity contribution in [3.05, 3.63) is 120 Å². The highest BCUT2D eigenvalue weighted by Crippen LogP contribution is 2.24. The number of hydrogen-bond acceptors (Lipinski definition) is 4. The SMILES string of the molecule is O=C(NCc1ccc(N2CCOCC2)cc1)c1cccc(NC(=O)c2ccccc2-c2ccccc2)c1. The molecule has 4 aromatic rings. The van der Waals surface area contributed by atoms with E-state index < -0.39 is 0 Å². The van der Waals surface area contributed by atoms with Crippen molar-refractivity contribution in [2.75, 3.05) is 36.5 Å². The van der Waals surface area contributed by atoms with Crippen LogP contribution in [0, 0.1) is 0 Å². The Kier molecular flexibility index (Phi) is 7.58. The number of ether oxygens (including phenoxy) is 1. The molecule has 1 heterocycles. The van der Waals surface area contributed by atoms with Crippen LogP contribution in [-0.2, 0) is 11.3 Å². The normalized spacial score (nSPS) is 13.1. The monoisotopic (exact) mass is 491 g/mol. The van der Waals surface area contributed by atoms with Gasteiger partial charge in [-0.15, -0.1) is 0 Å². The summed E-state index contributed by atoms with van der Waals surface area (Å²) in [6, 6.07) is 32.5. The summed E-state index contributed by atoms with van der Waals surface area (Å²) in [6.07, 6.45) is 0. The zero-order valence-electron chi connectivity index (χ0n) is 20.5. The van der Waals surface area contributed by atoms with Gasteiger partial charge >= 0.3 is 0 Å². The van der Waals surface area contributed by atoms with Crippen LogP contribution < -0.4 is 15.5 Å². The number of amides is 2. The smallest absolute Gasteiger partial charge is 0.256 e. The first-order valence-electron chi connectivity index (χ1n) is 12.4. The van der Waals surface area contributed by atoms with Gasteiger partial charge in [-0.3, -0.25) is 9.59 Å². The zero-order chi connectivity index (χ0) is 25.5. The van der Waals surface area contributed by atoms with Gasteiger partial charge in [0.2, 0.25) is 0 Å². The van der Waals surface area contributed by atoms with Gasteiger partial charge in [-0.1, -0.05) is 66.7 Å². The fourth-order valence-electron chi connectivity index (χ4n) is 4.42. The molecule has 0 aromatic heterocycles. The molecular weight excluding hydrogens is 462 g/mol. The average molecular weight is 492 g/mol. The van der Waals surface area contributed by atoms with Crippen molar-refractivity contribution in [2.45, 2.75) is 6.54 Å². The van der Waals surface area contributed by atoms with E-state index in [9.17, 15) is 9.59 Å². The van der Waals surface area contributed by atoms with Crippen molar-refractivity contribution < 1.29 is 14.3 Å². The van der Waals surface area contributed by atoms with Crippen molar-refractivity contribution in [3.8, 4) is 11.1 Å². The van der Waals surface area contributed by atoms with Crippen LogP contribution in [0.2, 0.25) is 0 Å². The van der Waals surface area contributed by atoms with E-state index in [-0.39, 0.29) is 11.8 Å². The van der Waals surface area contributed by atoms with Gasteiger partial charge in [0.05, 0.1) is 13.2 Å². The molecule has 1 fully saturated rings. The first-order valence-corrected chi connectivity index (χ1v) is 12.4. The molecule has 0 atom stereocenters. The highest BCUT2D eigenvalue weighted by atomic mass is 16.5. The maximum Gasteiger partial charge on any atom is 0.256 e. The van der Waals surface area contributed by atoms with Crippen molar-refractivity contribution in [3.63, 3.8) is 0 Å². The minimum atomic E-state index is -0.225. The molecule has 5 rings (SSSR count). The number of hydrogen-bond donors (Lipinski definition) is 2. The Morgan fingerprint density at radius 2 is 1.49 bits per heavy atom. The Morgan fingerprint density at radius 3 is 2.27 bits per heavy atom. The Bertz CT molecular complexity index is 1360. The average Bonchev–Trinajstić information content (AvgIpc) is 2.97. The lowest BCUT2D eigenvalue weighted by atomic mass is 9.99. The molecule has 1 aliphatic heterocycles. The van der Waals surface area contributed by atoms with Crippen LogP contribution in [0.15, 0.2) is 103 Å². The van der Waals surface area contributed by atoms with E-state index in [2.05, 4.69) is 27.7 Å². The molecule has 1 aliphatic rings. The van der Waals surface area contributed by atoms with Crippen molar-refractivity contribution in [2.24, 2.45) is 0 Å². The first kappa shape index (κ1) is 24.3. The van der Waals surface area contributed by atoms with E-state index in [4.69, 9.17) is 4.74 Å². The summed E-state index contributed by atoms with van der Waals surface area (Å²) in [5.74, 6) is -0.421. The Morgan fingerprint density at radius 1 is 0.757 bits per heavy atom. The lowest BCUT2D eigenvalue weighted by molar-refractivity contribution is 0.0949. The number of nitrogens with one attached hydrogen (secondary N) is 2. The van der Waals surface area contributed by atoms with E-state index in [0.717, 1.165) is 48.7 Å². The zero-order valence-corrected chi connectivity index (χ0v) is 20.5. The highest BCUT2D eigenvalue weighted by Gasteiger charge is 2.14. The summed E-state index contributed by atoms with van der Waals surface area (Å²) in [5.41, 5.74) is 5.63.